The first-order chi connectivity index (χ1) is 17.6. The van der Waals surface area contributed by atoms with Gasteiger partial charge >= 0.3 is 17.9 Å². The minimum absolute atomic E-state index is 0.149. The van der Waals surface area contributed by atoms with Gasteiger partial charge in [-0.25, -0.2) is 0 Å². The van der Waals surface area contributed by atoms with E-state index >= 15 is 0 Å². The minimum Gasteiger partial charge on any atom is -0.463 e. The van der Waals surface area contributed by atoms with Crippen molar-refractivity contribution in [3.8, 4) is 0 Å². The number of benzene rings is 2. The summed E-state index contributed by atoms with van der Waals surface area (Å²) < 4.78 is 22.5. The van der Waals surface area contributed by atoms with E-state index in [1.54, 1.807) is 42.5 Å². The number of nitrogens with zero attached hydrogens (tertiary/aromatic N) is 1. The summed E-state index contributed by atoms with van der Waals surface area (Å²) in [5.74, 6) is -3.47. The first-order valence-electron chi connectivity index (χ1n) is 11.4. The van der Waals surface area contributed by atoms with E-state index < -0.39 is 59.0 Å². The highest BCUT2D eigenvalue weighted by Crippen LogP contribution is 2.49. The molecule has 1 saturated heterocycles. The van der Waals surface area contributed by atoms with Gasteiger partial charge in [-0.3, -0.25) is 28.9 Å². The lowest BCUT2D eigenvalue weighted by atomic mass is 9.77. The molecule has 1 fully saturated rings. The molecule has 2 aliphatic heterocycles. The Morgan fingerprint density at radius 2 is 1.41 bits per heavy atom. The van der Waals surface area contributed by atoms with Crippen molar-refractivity contribution < 1.29 is 42.9 Å². The zero-order valence-electron chi connectivity index (χ0n) is 20.3. The quantitative estimate of drug-likeness (QED) is 0.261. The third-order valence-corrected chi connectivity index (χ3v) is 6.74. The van der Waals surface area contributed by atoms with Crippen molar-refractivity contribution in [1.82, 2.24) is 4.90 Å². The van der Waals surface area contributed by atoms with E-state index in [2.05, 4.69) is 12.6 Å². The van der Waals surface area contributed by atoms with Crippen LogP contribution in [0.3, 0.4) is 0 Å². The second-order valence-corrected chi connectivity index (χ2v) is 9.09. The Labute approximate surface area is 218 Å². The van der Waals surface area contributed by atoms with Crippen LogP contribution in [0, 0.1) is 0 Å². The van der Waals surface area contributed by atoms with Gasteiger partial charge in [0.25, 0.3) is 11.8 Å². The lowest BCUT2D eigenvalue weighted by Crippen LogP contribution is -2.72. The Morgan fingerprint density at radius 1 is 0.865 bits per heavy atom. The normalized spacial score (nSPS) is 26.9. The summed E-state index contributed by atoms with van der Waals surface area (Å²) in [4.78, 5) is 64.7. The van der Waals surface area contributed by atoms with Gasteiger partial charge in [0.05, 0.1) is 11.1 Å². The van der Waals surface area contributed by atoms with Crippen molar-refractivity contribution in [3.63, 3.8) is 0 Å². The molecule has 4 rings (SSSR count). The fraction of sp³-hybridized carbons (Fsp3) is 0.346. The zero-order chi connectivity index (χ0) is 26.9. The maximum Gasteiger partial charge on any atom is 0.303 e. The lowest BCUT2D eigenvalue weighted by Gasteiger charge is -2.54. The Bertz CT molecular complexity index is 1210. The average molecular weight is 528 g/mol. The van der Waals surface area contributed by atoms with Crippen molar-refractivity contribution in [2.45, 2.75) is 50.1 Å². The minimum atomic E-state index is -1.88. The van der Waals surface area contributed by atoms with Crippen molar-refractivity contribution in [1.29, 1.82) is 0 Å². The smallest absolute Gasteiger partial charge is 0.303 e. The molecule has 2 aromatic carbocycles. The topological polar surface area (TPSA) is 126 Å². The van der Waals surface area contributed by atoms with Crippen LogP contribution >= 0.6 is 12.6 Å². The fourth-order valence-electron chi connectivity index (χ4n) is 4.84. The Kier molecular flexibility index (Phi) is 7.37. The summed E-state index contributed by atoms with van der Waals surface area (Å²) >= 11 is 4.66. The first kappa shape index (κ1) is 26.4. The third kappa shape index (κ3) is 4.60. The molecule has 2 aliphatic rings. The molecule has 37 heavy (non-hydrogen) atoms. The highest BCUT2D eigenvalue weighted by Gasteiger charge is 2.66. The number of esters is 3. The number of carbonyl (C=O) groups excluding carboxylic acids is 5. The Balaban J connectivity index is 1.97. The average Bonchev–Trinajstić information content (AvgIpc) is 3.10. The lowest BCUT2D eigenvalue weighted by molar-refractivity contribution is -0.241. The van der Waals surface area contributed by atoms with Crippen LogP contribution in [-0.2, 0) is 38.9 Å². The van der Waals surface area contributed by atoms with Crippen molar-refractivity contribution >= 4 is 42.4 Å². The number of hydrogen-bond donors (Lipinski definition) is 1. The van der Waals surface area contributed by atoms with E-state index in [1.807, 2.05) is 0 Å². The molecule has 0 N–H and O–H groups in total. The largest absolute Gasteiger partial charge is 0.463 e. The Hall–Kier alpha value is -3.70. The Morgan fingerprint density at radius 3 is 1.92 bits per heavy atom. The van der Waals surface area contributed by atoms with Gasteiger partial charge in [-0.15, -0.1) is 12.6 Å². The van der Waals surface area contributed by atoms with E-state index in [9.17, 15) is 24.0 Å². The van der Waals surface area contributed by atoms with Crippen LogP contribution in [-0.4, -0.2) is 65.0 Å². The van der Waals surface area contributed by atoms with E-state index in [0.29, 0.717) is 5.56 Å². The van der Waals surface area contributed by atoms with Gasteiger partial charge in [-0.05, 0) is 17.7 Å². The third-order valence-electron chi connectivity index (χ3n) is 6.22. The highest BCUT2D eigenvalue weighted by atomic mass is 32.1. The van der Waals surface area contributed by atoms with Gasteiger partial charge in [-0.1, -0.05) is 42.5 Å². The van der Waals surface area contributed by atoms with E-state index in [0.717, 1.165) is 18.7 Å². The summed E-state index contributed by atoms with van der Waals surface area (Å²) in [5.41, 5.74) is -2.53. The van der Waals surface area contributed by atoms with Crippen LogP contribution in [0.5, 0.6) is 0 Å². The second-order valence-electron chi connectivity index (χ2n) is 8.62. The number of imide groups is 1. The number of ether oxygens (including phenoxy) is 4. The van der Waals surface area contributed by atoms with Gasteiger partial charge in [0.1, 0.15) is 18.1 Å². The molecule has 0 aliphatic carbocycles. The maximum absolute atomic E-state index is 13.8. The number of rotatable bonds is 6. The van der Waals surface area contributed by atoms with E-state index in [4.69, 9.17) is 18.9 Å². The maximum atomic E-state index is 13.8. The molecule has 0 saturated carbocycles. The molecule has 194 valence electrons. The number of carbonyl (C=O) groups is 5. The first-order valence-corrected chi connectivity index (χ1v) is 12.0. The van der Waals surface area contributed by atoms with Crippen LogP contribution in [0.4, 0.5) is 0 Å². The van der Waals surface area contributed by atoms with Crippen LogP contribution in [0.15, 0.2) is 54.6 Å². The SMILES string of the molecule is CC(=O)OC[C@H]1O[C@@H](S)[C@@](c2ccccc2)(N2C(=O)c3ccccc3C2=O)[C@@H](OC(C)=O)[C@H]1OC(C)=O. The standard InChI is InChI=1S/C26H25NO9S/c1-14(28)33-13-20-21(34-15(2)29)22(35-16(3)30)26(25(37)36-20,17-9-5-4-6-10-17)27-23(31)18-11-7-8-12-19(18)24(27)32/h4-12,20-22,25,37H,13H2,1-3H3/t20-,21+,22+,25+,26+/m1/s1. The molecule has 0 unspecified atom stereocenters. The van der Waals surface area contributed by atoms with Crippen molar-refractivity contribution in [2.75, 3.05) is 6.61 Å². The van der Waals surface area contributed by atoms with Crippen molar-refractivity contribution in [2.24, 2.45) is 0 Å². The molecule has 0 aromatic heterocycles. The van der Waals surface area contributed by atoms with Crippen molar-refractivity contribution in [3.05, 3.63) is 71.3 Å². The van der Waals surface area contributed by atoms with Crippen LogP contribution in [0.25, 0.3) is 0 Å². The molecule has 0 radical (unpaired) electrons. The molecular formula is C26H25NO9S. The monoisotopic (exact) mass is 527 g/mol. The molecule has 2 aromatic rings. The van der Waals surface area contributed by atoms with Gasteiger partial charge in [0.15, 0.2) is 17.7 Å². The molecule has 5 atom stereocenters. The second kappa shape index (κ2) is 10.3. The molecule has 11 heteroatoms. The number of hydrogen-bond acceptors (Lipinski definition) is 10. The highest BCUT2D eigenvalue weighted by molar-refractivity contribution is 7.80. The van der Waals surface area contributed by atoms with Crippen LogP contribution in [0.1, 0.15) is 47.1 Å². The van der Waals surface area contributed by atoms with Gasteiger partial charge < -0.3 is 18.9 Å². The van der Waals surface area contributed by atoms with Gasteiger partial charge in [0.2, 0.25) is 0 Å². The summed E-state index contributed by atoms with van der Waals surface area (Å²) in [6, 6.07) is 14.6. The van der Waals surface area contributed by atoms with Crippen LogP contribution in [0.2, 0.25) is 0 Å². The molecule has 0 spiro atoms. The molecular weight excluding hydrogens is 502 g/mol. The number of fused-ring (bicyclic) bond motifs is 1. The van der Waals surface area contributed by atoms with Gasteiger partial charge in [-0.2, -0.15) is 0 Å². The van der Waals surface area contributed by atoms with E-state index in [-0.39, 0.29) is 17.7 Å². The summed E-state index contributed by atoms with van der Waals surface area (Å²) in [6.07, 6.45) is -3.99. The molecule has 10 nitrogen and oxygen atoms in total. The summed E-state index contributed by atoms with van der Waals surface area (Å²) in [6.45, 7) is 3.12. The fourth-order valence-corrected chi connectivity index (χ4v) is 5.40. The predicted molar refractivity (Wildman–Crippen MR) is 130 cm³/mol. The number of thiol groups is 1. The van der Waals surface area contributed by atoms with E-state index in [1.165, 1.54) is 19.1 Å². The molecule has 0 bridgehead atoms. The predicted octanol–water partition coefficient (Wildman–Crippen LogP) is 2.26. The van der Waals surface area contributed by atoms with Gasteiger partial charge in [0, 0.05) is 20.8 Å². The zero-order valence-corrected chi connectivity index (χ0v) is 21.2. The number of amides is 2. The summed E-state index contributed by atoms with van der Waals surface area (Å²) in [5, 5.41) is 0. The summed E-state index contributed by atoms with van der Waals surface area (Å²) in [7, 11) is 0. The molecule has 2 amide bonds. The van der Waals surface area contributed by atoms with Crippen LogP contribution < -0.4 is 0 Å². The molecule has 2 heterocycles.